The van der Waals surface area contributed by atoms with Crippen molar-refractivity contribution in [1.29, 1.82) is 0 Å². The van der Waals surface area contributed by atoms with E-state index in [0.717, 1.165) is 6.42 Å². The molecule has 0 saturated carbocycles. The summed E-state index contributed by atoms with van der Waals surface area (Å²) in [5, 5.41) is 2.78. The first-order valence-electron chi connectivity index (χ1n) is 6.49. The Labute approximate surface area is 107 Å². The minimum absolute atomic E-state index is 0.457. The van der Waals surface area contributed by atoms with Gasteiger partial charge in [-0.2, -0.15) is 0 Å². The Morgan fingerprint density at radius 1 is 1.00 bits per heavy atom. The van der Waals surface area contributed by atoms with Gasteiger partial charge >= 0.3 is 0 Å². The molecule has 2 aliphatic carbocycles. The molecule has 18 heavy (non-hydrogen) atoms. The zero-order chi connectivity index (χ0) is 11.9. The molecule has 4 rings (SSSR count). The molecule has 0 saturated heterocycles. The topological polar surface area (TPSA) is 0 Å². The number of benzene rings is 2. The molecule has 86 valence electrons. The van der Waals surface area contributed by atoms with Gasteiger partial charge in [0.05, 0.1) is 0 Å². The second-order valence-corrected chi connectivity index (χ2v) is 5.00. The van der Waals surface area contributed by atoms with Crippen LogP contribution in [0.15, 0.2) is 66.3 Å². The van der Waals surface area contributed by atoms with Gasteiger partial charge < -0.3 is 0 Å². The summed E-state index contributed by atoms with van der Waals surface area (Å²) in [6.45, 7) is 0. The highest BCUT2D eigenvalue weighted by atomic mass is 14.2. The SMILES string of the molecule is C1=CCC(C2C=Cc3cccc4cccc2c34)=C1. The van der Waals surface area contributed by atoms with Crippen LogP contribution in [0.25, 0.3) is 16.8 Å². The maximum absolute atomic E-state index is 2.34. The maximum Gasteiger partial charge on any atom is 0.0244 e. The van der Waals surface area contributed by atoms with Crippen molar-refractivity contribution in [3.8, 4) is 0 Å². The van der Waals surface area contributed by atoms with Crippen LogP contribution in [0.2, 0.25) is 0 Å². The van der Waals surface area contributed by atoms with Crippen LogP contribution >= 0.6 is 0 Å². The molecule has 0 radical (unpaired) electrons. The van der Waals surface area contributed by atoms with Crippen LogP contribution in [-0.2, 0) is 0 Å². The summed E-state index contributed by atoms with van der Waals surface area (Å²) in [5.74, 6) is 0.457. The zero-order valence-electron chi connectivity index (χ0n) is 10.1. The maximum atomic E-state index is 2.34. The van der Waals surface area contributed by atoms with Crippen LogP contribution < -0.4 is 0 Å². The molecule has 0 bridgehead atoms. The molecule has 0 N–H and O–H groups in total. The highest BCUT2D eigenvalue weighted by Gasteiger charge is 2.20. The Morgan fingerprint density at radius 3 is 2.72 bits per heavy atom. The molecule has 0 nitrogen and oxygen atoms in total. The predicted octanol–water partition coefficient (Wildman–Crippen LogP) is 4.84. The molecule has 2 aromatic carbocycles. The van der Waals surface area contributed by atoms with Gasteiger partial charge in [-0.3, -0.25) is 0 Å². The third-order valence-corrected chi connectivity index (χ3v) is 3.97. The lowest BCUT2D eigenvalue weighted by atomic mass is 9.82. The number of hydrogen-bond acceptors (Lipinski definition) is 0. The van der Waals surface area contributed by atoms with Gasteiger partial charge in [0, 0.05) is 5.92 Å². The second kappa shape index (κ2) is 3.71. The summed E-state index contributed by atoms with van der Waals surface area (Å²) in [6, 6.07) is 13.2. The Morgan fingerprint density at radius 2 is 1.89 bits per heavy atom. The largest absolute Gasteiger partial charge is 0.0804 e. The summed E-state index contributed by atoms with van der Waals surface area (Å²) in [5.41, 5.74) is 4.32. The third kappa shape index (κ3) is 1.32. The monoisotopic (exact) mass is 230 g/mol. The van der Waals surface area contributed by atoms with Crippen LogP contribution in [0.4, 0.5) is 0 Å². The van der Waals surface area contributed by atoms with Crippen molar-refractivity contribution in [3.63, 3.8) is 0 Å². The molecule has 0 aromatic heterocycles. The lowest BCUT2D eigenvalue weighted by Crippen LogP contribution is -2.03. The summed E-state index contributed by atoms with van der Waals surface area (Å²) in [4.78, 5) is 0. The highest BCUT2D eigenvalue weighted by Crippen LogP contribution is 2.40. The average molecular weight is 230 g/mol. The van der Waals surface area contributed by atoms with E-state index >= 15 is 0 Å². The highest BCUT2D eigenvalue weighted by molar-refractivity contribution is 5.96. The van der Waals surface area contributed by atoms with E-state index in [1.807, 2.05) is 0 Å². The number of allylic oxidation sites excluding steroid dienone is 5. The lowest BCUT2D eigenvalue weighted by Gasteiger charge is -2.22. The summed E-state index contributed by atoms with van der Waals surface area (Å²) in [6.07, 6.45) is 12.4. The Kier molecular flexibility index (Phi) is 2.04. The van der Waals surface area contributed by atoms with Gasteiger partial charge in [0.2, 0.25) is 0 Å². The lowest BCUT2D eigenvalue weighted by molar-refractivity contribution is 0.966. The van der Waals surface area contributed by atoms with Crippen molar-refractivity contribution in [2.24, 2.45) is 0 Å². The van der Waals surface area contributed by atoms with E-state index in [2.05, 4.69) is 66.8 Å². The molecule has 0 heteroatoms. The Hall–Kier alpha value is -2.08. The second-order valence-electron chi connectivity index (χ2n) is 5.00. The molecule has 2 aliphatic rings. The fourth-order valence-electron chi connectivity index (χ4n) is 3.12. The van der Waals surface area contributed by atoms with Crippen molar-refractivity contribution < 1.29 is 0 Å². The van der Waals surface area contributed by atoms with E-state index in [1.54, 1.807) is 0 Å². The van der Waals surface area contributed by atoms with Gasteiger partial charge in [-0.25, -0.2) is 0 Å². The normalized spacial score (nSPS) is 20.4. The minimum Gasteiger partial charge on any atom is -0.0804 e. The first-order valence-corrected chi connectivity index (χ1v) is 6.49. The first-order chi connectivity index (χ1) is 8.93. The summed E-state index contributed by atoms with van der Waals surface area (Å²) in [7, 11) is 0. The molecule has 1 atom stereocenters. The van der Waals surface area contributed by atoms with Gasteiger partial charge in [-0.15, -0.1) is 0 Å². The van der Waals surface area contributed by atoms with E-state index in [4.69, 9.17) is 0 Å². The van der Waals surface area contributed by atoms with Crippen molar-refractivity contribution >= 4 is 16.8 Å². The fraction of sp³-hybridized carbons (Fsp3) is 0.111. The molecule has 0 heterocycles. The van der Waals surface area contributed by atoms with Crippen LogP contribution in [0.5, 0.6) is 0 Å². The molecular weight excluding hydrogens is 216 g/mol. The van der Waals surface area contributed by atoms with E-state index in [0.29, 0.717) is 5.92 Å². The first kappa shape index (κ1) is 9.90. The quantitative estimate of drug-likeness (QED) is 0.657. The van der Waals surface area contributed by atoms with E-state index in [-0.39, 0.29) is 0 Å². The number of rotatable bonds is 1. The van der Waals surface area contributed by atoms with Gasteiger partial charge in [0.1, 0.15) is 0 Å². The molecular formula is C18H14. The van der Waals surface area contributed by atoms with Crippen molar-refractivity contribution in [2.45, 2.75) is 12.3 Å². The molecule has 0 aliphatic heterocycles. The molecule has 1 unspecified atom stereocenters. The molecule has 0 amide bonds. The van der Waals surface area contributed by atoms with Crippen molar-refractivity contribution in [2.75, 3.05) is 0 Å². The smallest absolute Gasteiger partial charge is 0.0244 e. The summed E-state index contributed by atoms with van der Waals surface area (Å²) >= 11 is 0. The average Bonchev–Trinajstić information content (AvgIpc) is 2.94. The Balaban J connectivity index is 1.98. The Bertz CT molecular complexity index is 709. The van der Waals surface area contributed by atoms with E-state index in [9.17, 15) is 0 Å². The van der Waals surface area contributed by atoms with E-state index < -0.39 is 0 Å². The predicted molar refractivity (Wildman–Crippen MR) is 77.6 cm³/mol. The van der Waals surface area contributed by atoms with Gasteiger partial charge in [0.15, 0.2) is 0 Å². The van der Waals surface area contributed by atoms with Crippen LogP contribution in [-0.4, -0.2) is 0 Å². The van der Waals surface area contributed by atoms with Crippen molar-refractivity contribution in [1.82, 2.24) is 0 Å². The minimum atomic E-state index is 0.457. The van der Waals surface area contributed by atoms with Crippen LogP contribution in [0, 0.1) is 0 Å². The molecule has 0 fully saturated rings. The zero-order valence-corrected chi connectivity index (χ0v) is 10.1. The van der Waals surface area contributed by atoms with Gasteiger partial charge in [0.25, 0.3) is 0 Å². The molecule has 0 spiro atoms. The standard InChI is InChI=1S/C18H14/c1-2-6-13(5-1)16-12-11-15-8-3-7-14-9-4-10-17(16)18(14)15/h1-5,7-12,16H,6H2. The van der Waals surface area contributed by atoms with Gasteiger partial charge in [-0.05, 0) is 28.3 Å². The van der Waals surface area contributed by atoms with Crippen LogP contribution in [0.3, 0.4) is 0 Å². The van der Waals surface area contributed by atoms with Crippen molar-refractivity contribution in [3.05, 3.63) is 77.4 Å². The fourth-order valence-corrected chi connectivity index (χ4v) is 3.12. The van der Waals surface area contributed by atoms with E-state index in [1.165, 1.54) is 27.5 Å². The van der Waals surface area contributed by atoms with Gasteiger partial charge in [-0.1, -0.05) is 72.4 Å². The van der Waals surface area contributed by atoms with Crippen LogP contribution in [0.1, 0.15) is 23.5 Å². The molecule has 2 aromatic rings. The third-order valence-electron chi connectivity index (χ3n) is 3.97. The summed E-state index contributed by atoms with van der Waals surface area (Å²) < 4.78 is 0. The number of hydrogen-bond donors (Lipinski definition) is 0.